The minimum absolute atomic E-state index is 0.154. The van der Waals surface area contributed by atoms with Crippen molar-refractivity contribution < 1.29 is 23.8 Å². The van der Waals surface area contributed by atoms with Crippen LogP contribution in [0.5, 0.6) is 0 Å². The third-order valence-electron chi connectivity index (χ3n) is 7.16. The third kappa shape index (κ3) is 5.15. The number of hydrogen-bond acceptors (Lipinski definition) is 6. The molecule has 5 nitrogen and oxygen atoms in total. The zero-order chi connectivity index (χ0) is 26.8. The minimum atomic E-state index is -2.81. The Morgan fingerprint density at radius 1 is 0.789 bits per heavy atom. The molecule has 0 radical (unpaired) electrons. The summed E-state index contributed by atoms with van der Waals surface area (Å²) in [6.45, 7) is 6.78. The van der Waals surface area contributed by atoms with Crippen LogP contribution in [0.2, 0.25) is 5.04 Å². The predicted octanol–water partition coefficient (Wildman–Crippen LogP) is 5.17. The highest BCUT2D eigenvalue weighted by atomic mass is 32.2. The molecule has 5 rings (SSSR count). The van der Waals surface area contributed by atoms with Gasteiger partial charge in [-0.3, -0.25) is 0 Å². The van der Waals surface area contributed by atoms with Gasteiger partial charge in [-0.05, 0) is 33.6 Å². The van der Waals surface area contributed by atoms with Crippen LogP contribution in [0.15, 0.2) is 118 Å². The second-order valence-corrected chi connectivity index (χ2v) is 16.0. The Morgan fingerprint density at radius 3 is 1.89 bits per heavy atom. The second-order valence-electron chi connectivity index (χ2n) is 10.6. The molecule has 1 saturated heterocycles. The molecule has 0 amide bonds. The molecular formula is C31H34O5SSi. The molecule has 4 atom stereocenters. The Labute approximate surface area is 229 Å². The number of furan rings is 1. The van der Waals surface area contributed by atoms with Gasteiger partial charge in [0.15, 0.2) is 5.09 Å². The topological polar surface area (TPSA) is 72.1 Å². The van der Waals surface area contributed by atoms with E-state index in [9.17, 15) is 10.2 Å². The summed E-state index contributed by atoms with van der Waals surface area (Å²) in [4.78, 5) is 1.02. The fourth-order valence-electron chi connectivity index (χ4n) is 5.31. The van der Waals surface area contributed by atoms with Crippen molar-refractivity contribution in [2.75, 3.05) is 6.61 Å². The lowest BCUT2D eigenvalue weighted by Gasteiger charge is -2.43. The van der Waals surface area contributed by atoms with Crippen LogP contribution >= 0.6 is 11.8 Å². The van der Waals surface area contributed by atoms with Crippen molar-refractivity contribution in [3.8, 4) is 0 Å². The summed E-state index contributed by atoms with van der Waals surface area (Å²) in [5.41, 5.74) is 0.721. The molecule has 0 spiro atoms. The highest BCUT2D eigenvalue weighted by Crippen LogP contribution is 2.42. The second kappa shape index (κ2) is 11.2. The van der Waals surface area contributed by atoms with E-state index in [1.54, 1.807) is 12.3 Å². The van der Waals surface area contributed by atoms with E-state index in [-0.39, 0.29) is 11.6 Å². The molecule has 0 unspecified atom stereocenters. The maximum Gasteiger partial charge on any atom is 0.261 e. The van der Waals surface area contributed by atoms with E-state index >= 15 is 0 Å². The van der Waals surface area contributed by atoms with E-state index in [1.165, 1.54) is 11.8 Å². The number of aliphatic hydroxyl groups excluding tert-OH is 2. The Hall–Kier alpha value is -2.65. The van der Waals surface area contributed by atoms with Crippen molar-refractivity contribution in [1.82, 2.24) is 0 Å². The summed E-state index contributed by atoms with van der Waals surface area (Å²) in [7, 11) is -2.81. The molecule has 2 N–H and O–H groups in total. The number of rotatable bonds is 8. The fraction of sp³-hybridized carbons (Fsp3) is 0.290. The Kier molecular flexibility index (Phi) is 7.95. The molecule has 2 heterocycles. The largest absolute Gasteiger partial charge is 0.457 e. The van der Waals surface area contributed by atoms with Gasteiger partial charge in [-0.25, -0.2) is 0 Å². The molecule has 1 fully saturated rings. The normalized spacial score (nSPS) is 22.0. The number of hydrogen-bond donors (Lipinski definition) is 2. The van der Waals surface area contributed by atoms with E-state index in [0.717, 1.165) is 20.8 Å². The van der Waals surface area contributed by atoms with Crippen molar-refractivity contribution in [3.05, 3.63) is 109 Å². The van der Waals surface area contributed by atoms with Crippen molar-refractivity contribution in [2.45, 2.75) is 60.2 Å². The molecule has 1 aliphatic heterocycles. The highest BCUT2D eigenvalue weighted by molar-refractivity contribution is 7.99. The Morgan fingerprint density at radius 2 is 1.34 bits per heavy atom. The van der Waals surface area contributed by atoms with E-state index in [0.29, 0.717) is 5.09 Å². The van der Waals surface area contributed by atoms with Crippen molar-refractivity contribution >= 4 is 30.5 Å². The van der Waals surface area contributed by atoms with Crippen LogP contribution in [0.3, 0.4) is 0 Å². The van der Waals surface area contributed by atoms with Gasteiger partial charge in [0.25, 0.3) is 8.32 Å². The van der Waals surface area contributed by atoms with Crippen LogP contribution in [0.1, 0.15) is 32.4 Å². The highest BCUT2D eigenvalue weighted by Gasteiger charge is 2.52. The van der Waals surface area contributed by atoms with Gasteiger partial charge < -0.3 is 23.8 Å². The first-order chi connectivity index (χ1) is 18.3. The Balaban J connectivity index is 1.42. The van der Waals surface area contributed by atoms with Gasteiger partial charge in [-0.2, -0.15) is 0 Å². The molecule has 198 valence electrons. The monoisotopic (exact) mass is 546 g/mol. The van der Waals surface area contributed by atoms with Crippen molar-refractivity contribution in [1.29, 1.82) is 0 Å². The SMILES string of the molecule is CC(C)(C)[Si](OC[C@H]1O[C@@H](c2ccoc2Sc2ccccc2)[C@H](O)[C@@H]1O)(c1ccccc1)c1ccccc1. The molecule has 7 heteroatoms. The lowest BCUT2D eigenvalue weighted by molar-refractivity contribution is -0.0201. The summed E-state index contributed by atoms with van der Waals surface area (Å²) in [5, 5.41) is 24.9. The predicted molar refractivity (Wildman–Crippen MR) is 152 cm³/mol. The zero-order valence-corrected chi connectivity index (χ0v) is 23.7. The molecule has 38 heavy (non-hydrogen) atoms. The summed E-state index contributed by atoms with van der Waals surface area (Å²) < 4.78 is 19.0. The van der Waals surface area contributed by atoms with Gasteiger partial charge in [-0.15, -0.1) is 0 Å². The quantitative estimate of drug-likeness (QED) is 0.297. The van der Waals surface area contributed by atoms with Gasteiger partial charge >= 0.3 is 0 Å². The molecule has 3 aromatic carbocycles. The van der Waals surface area contributed by atoms with Gasteiger partial charge in [0.05, 0.1) is 12.9 Å². The first-order valence-corrected chi connectivity index (χ1v) is 15.6. The van der Waals surface area contributed by atoms with Crippen LogP contribution in [-0.2, 0) is 9.16 Å². The van der Waals surface area contributed by atoms with E-state index in [1.807, 2.05) is 66.7 Å². The first-order valence-electron chi connectivity index (χ1n) is 12.9. The fourth-order valence-corrected chi connectivity index (χ4v) is 10.8. The number of ether oxygens (including phenoxy) is 1. The summed E-state index contributed by atoms with van der Waals surface area (Å²) in [6, 6.07) is 32.4. The van der Waals surface area contributed by atoms with E-state index < -0.39 is 32.7 Å². The van der Waals surface area contributed by atoms with E-state index in [2.05, 4.69) is 45.0 Å². The molecule has 0 saturated carbocycles. The first kappa shape index (κ1) is 26.9. The summed E-state index contributed by atoms with van der Waals surface area (Å²) in [5.74, 6) is 0. The molecule has 1 aromatic heterocycles. The average Bonchev–Trinajstić information content (AvgIpc) is 3.49. The van der Waals surface area contributed by atoms with Crippen LogP contribution in [-0.4, -0.2) is 43.4 Å². The van der Waals surface area contributed by atoms with Gasteiger partial charge in [0, 0.05) is 10.5 Å². The van der Waals surface area contributed by atoms with E-state index in [4.69, 9.17) is 13.6 Å². The molecular weight excluding hydrogens is 512 g/mol. The van der Waals surface area contributed by atoms with Crippen LogP contribution in [0, 0.1) is 0 Å². The van der Waals surface area contributed by atoms with Crippen LogP contribution < -0.4 is 10.4 Å². The summed E-state index contributed by atoms with van der Waals surface area (Å²) in [6.07, 6.45) is -2.02. The maximum absolute atomic E-state index is 11.1. The number of benzene rings is 3. The number of aliphatic hydroxyl groups is 2. The maximum atomic E-state index is 11.1. The standard InChI is InChI=1S/C31H34O5SSi/c1-31(2,3)38(23-15-9-5-10-16-23,24-17-11-6-12-18-24)35-21-26-27(32)28(33)29(36-26)25-19-20-34-30(25)37-22-13-7-4-8-14-22/h4-20,26-29,32-33H,21H2,1-3H3/t26-,27-,28-,29+/m1/s1. The van der Waals surface area contributed by atoms with Crippen molar-refractivity contribution in [2.24, 2.45) is 0 Å². The van der Waals surface area contributed by atoms with Gasteiger partial charge in [0.1, 0.15) is 24.4 Å². The molecule has 4 aromatic rings. The minimum Gasteiger partial charge on any atom is -0.457 e. The smallest absolute Gasteiger partial charge is 0.261 e. The lowest BCUT2D eigenvalue weighted by atomic mass is 10.0. The van der Waals surface area contributed by atoms with Crippen LogP contribution in [0.4, 0.5) is 0 Å². The molecule has 1 aliphatic rings. The average molecular weight is 547 g/mol. The van der Waals surface area contributed by atoms with Gasteiger partial charge in [0.2, 0.25) is 0 Å². The summed E-state index contributed by atoms with van der Waals surface area (Å²) >= 11 is 1.46. The van der Waals surface area contributed by atoms with Crippen molar-refractivity contribution in [3.63, 3.8) is 0 Å². The molecule has 0 aliphatic carbocycles. The van der Waals surface area contributed by atoms with Crippen LogP contribution in [0.25, 0.3) is 0 Å². The Bertz CT molecular complexity index is 1270. The molecule has 0 bridgehead atoms. The third-order valence-corrected chi connectivity index (χ3v) is 13.2. The van der Waals surface area contributed by atoms with Gasteiger partial charge in [-0.1, -0.05) is 111 Å². The zero-order valence-electron chi connectivity index (χ0n) is 21.9. The lowest BCUT2D eigenvalue weighted by Crippen LogP contribution is -2.67.